The minimum Gasteiger partial charge on any atom is -0.197 e. The average molecular weight is 257 g/mol. The normalized spacial score (nSPS) is 2.82. The van der Waals surface area contributed by atoms with E-state index in [2.05, 4.69) is 20.4 Å². The summed E-state index contributed by atoms with van der Waals surface area (Å²) in [6.45, 7) is 9.50. The van der Waals surface area contributed by atoms with E-state index in [1.54, 1.807) is 6.08 Å². The van der Waals surface area contributed by atoms with Crippen molar-refractivity contribution in [3.05, 3.63) is 12.7 Å². The number of rotatable bonds is 0. The second kappa shape index (κ2) is 104. The maximum absolute atomic E-state index is 3.36. The third-order valence-electron chi connectivity index (χ3n) is 0. The van der Waals surface area contributed by atoms with Gasteiger partial charge in [-0.25, -0.2) is 0 Å². The minimum absolute atomic E-state index is 0. The lowest BCUT2D eigenvalue weighted by Gasteiger charge is -1.48. The van der Waals surface area contributed by atoms with Crippen LogP contribution in [0, 0.1) is 0 Å². The van der Waals surface area contributed by atoms with E-state index in [4.69, 9.17) is 0 Å². The van der Waals surface area contributed by atoms with Crippen LogP contribution in [-0.2, 0) is 0 Å². The summed E-state index contributed by atoms with van der Waals surface area (Å²) < 4.78 is 0. The van der Waals surface area contributed by atoms with Crippen molar-refractivity contribution in [2.24, 2.45) is 0 Å². The van der Waals surface area contributed by atoms with Crippen LogP contribution in [0.15, 0.2) is 12.7 Å². The molecule has 0 atom stereocenters. The molecule has 0 nitrogen and oxygen atoms in total. The predicted octanol–water partition coefficient (Wildman–Crippen LogP) is 3.17. The average Bonchev–Trinajstić information content (AvgIpc) is 1.39. The van der Waals surface area contributed by atoms with E-state index in [1.807, 2.05) is 6.92 Å². The molecular weight excluding hydrogens is 232 g/mol. The molecule has 0 amide bonds. The van der Waals surface area contributed by atoms with Gasteiger partial charge in [-0.2, -0.15) is 67.5 Å². The Kier molecular flexibility index (Phi) is 516. The van der Waals surface area contributed by atoms with Gasteiger partial charge in [0.05, 0.1) is 0 Å². The molecule has 0 fully saturated rings. The summed E-state index contributed by atoms with van der Waals surface area (Å²) >= 11 is 0. The van der Waals surface area contributed by atoms with Gasteiger partial charge in [-0.3, -0.25) is 0 Å². The lowest BCUT2D eigenvalue weighted by molar-refractivity contribution is 1.09. The van der Waals surface area contributed by atoms with E-state index >= 15 is 0 Å². The molecule has 0 aliphatic heterocycles. The van der Waals surface area contributed by atoms with Gasteiger partial charge >= 0.3 is 0 Å². The van der Waals surface area contributed by atoms with Crippen LogP contribution in [0.3, 0.4) is 0 Å². The molecule has 0 rings (SSSR count). The van der Waals surface area contributed by atoms with Crippen molar-refractivity contribution in [1.82, 2.24) is 0 Å². The van der Waals surface area contributed by atoms with E-state index in [-0.39, 0.29) is 67.5 Å². The molecule has 0 N–H and O–H groups in total. The highest BCUT2D eigenvalue weighted by Crippen LogP contribution is 1.56. The molecule has 0 radical (unpaired) electrons. The first-order chi connectivity index (χ1) is 2.83. The van der Waals surface area contributed by atoms with Crippen LogP contribution < -0.4 is 0 Å². The third kappa shape index (κ3) is 466. The fraction of sp³-hybridized carbons (Fsp3) is 0.667. The first-order valence-corrected chi connectivity index (χ1v) is 2.40. The van der Waals surface area contributed by atoms with Gasteiger partial charge in [-0.05, 0) is 6.92 Å². The molecule has 78 valence electrons. The van der Waals surface area contributed by atoms with Gasteiger partial charge in [0, 0.05) is 0 Å². The maximum Gasteiger partial charge on any atom is -0.0473 e. The Labute approximate surface area is 107 Å². The number of allylic oxidation sites excluding steroid dienone is 1. The van der Waals surface area contributed by atoms with Crippen molar-refractivity contribution in [3.8, 4) is 0 Å². The van der Waals surface area contributed by atoms with Gasteiger partial charge in [0.15, 0.2) is 0 Å². The Bertz CT molecular complexity index is 24.9. The van der Waals surface area contributed by atoms with E-state index in [1.165, 1.54) is 6.42 Å². The third-order valence-corrected chi connectivity index (χ3v) is 0. The van der Waals surface area contributed by atoms with Crippen LogP contribution in [0.25, 0.3) is 0 Å². The van der Waals surface area contributed by atoms with Crippen molar-refractivity contribution in [2.45, 2.75) is 27.2 Å². The molecule has 5 heteroatoms. The first kappa shape index (κ1) is 54.7. The number of hydrogen-bond donors (Lipinski definition) is 0. The summed E-state index contributed by atoms with van der Waals surface area (Å²) in [6, 6.07) is 0. The van der Waals surface area contributed by atoms with Crippen LogP contribution in [0.5, 0.6) is 0 Å². The topological polar surface area (TPSA) is 0 Å². The van der Waals surface area contributed by atoms with Gasteiger partial charge in [0.25, 0.3) is 0 Å². The smallest absolute Gasteiger partial charge is 0.0473 e. The Morgan fingerprint density at radius 2 is 0.909 bits per heavy atom. The lowest BCUT2D eigenvalue weighted by atomic mass is 10.6. The molecule has 0 aliphatic carbocycles. The highest BCUT2D eigenvalue weighted by molar-refractivity contribution is 7.60. The minimum atomic E-state index is 0. The molecule has 0 bridgehead atoms. The van der Waals surface area contributed by atoms with Crippen molar-refractivity contribution in [3.63, 3.8) is 0 Å². The van der Waals surface area contributed by atoms with Crippen LogP contribution in [-0.4, -0.2) is 0 Å². The largest absolute Gasteiger partial charge is 0.197 e. The van der Waals surface area contributed by atoms with Crippen molar-refractivity contribution < 1.29 is 0 Å². The monoisotopic (exact) mass is 256 g/mol. The van der Waals surface area contributed by atoms with Gasteiger partial charge < -0.3 is 0 Å². The summed E-state index contributed by atoms with van der Waals surface area (Å²) in [4.78, 5) is 0. The van der Waals surface area contributed by atoms with Crippen LogP contribution in [0.2, 0.25) is 0 Å². The van der Waals surface area contributed by atoms with Gasteiger partial charge in [0.1, 0.15) is 0 Å². The Hall–Kier alpha value is 1.49. The fourth-order valence-electron chi connectivity index (χ4n) is 0. The fourth-order valence-corrected chi connectivity index (χ4v) is 0. The molecule has 0 aromatic carbocycles. The first-order valence-electron chi connectivity index (χ1n) is 2.40. The van der Waals surface area contributed by atoms with Gasteiger partial charge in [0.2, 0.25) is 0 Å². The quantitative estimate of drug-likeness (QED) is 0.584. The highest BCUT2D eigenvalue weighted by Gasteiger charge is 1.35. The summed E-state index contributed by atoms with van der Waals surface area (Å²) in [5.74, 6) is 0. The van der Waals surface area contributed by atoms with Crippen LogP contribution >= 0.6 is 67.5 Å². The molecule has 0 saturated heterocycles. The molecule has 0 aromatic rings. The second-order valence-electron chi connectivity index (χ2n) is 1.12. The van der Waals surface area contributed by atoms with Crippen LogP contribution in [0.4, 0.5) is 0 Å². The molecule has 0 aromatic heterocycles. The summed E-state index contributed by atoms with van der Waals surface area (Å²) in [5.41, 5.74) is 0. The summed E-state index contributed by atoms with van der Waals surface area (Å²) in [6.07, 6.45) is 3.00. The Morgan fingerprint density at radius 3 is 0.909 bits per heavy atom. The zero-order chi connectivity index (χ0) is 5.41. The van der Waals surface area contributed by atoms with E-state index in [9.17, 15) is 0 Å². The molecular formula is C6H24S5. The highest BCUT2D eigenvalue weighted by atomic mass is 32.1. The van der Waals surface area contributed by atoms with E-state index in [0.29, 0.717) is 0 Å². The SMILES string of the molecule is C=CC.CCC.S.S.S.S.S. The molecule has 0 saturated carbocycles. The molecule has 0 aliphatic rings. The summed E-state index contributed by atoms with van der Waals surface area (Å²) in [5, 5.41) is 0. The predicted molar refractivity (Wildman–Crippen MR) is 83.7 cm³/mol. The maximum atomic E-state index is 3.36. The number of hydrogen-bond acceptors (Lipinski definition) is 0. The van der Waals surface area contributed by atoms with Gasteiger partial charge in [-0.15, -0.1) is 6.58 Å². The molecule has 0 heterocycles. The Morgan fingerprint density at radius 1 is 0.909 bits per heavy atom. The molecule has 0 spiro atoms. The molecule has 0 unspecified atom stereocenters. The van der Waals surface area contributed by atoms with E-state index < -0.39 is 0 Å². The zero-order valence-electron chi connectivity index (χ0n) is 7.49. The van der Waals surface area contributed by atoms with Crippen molar-refractivity contribution >= 4 is 67.5 Å². The zero-order valence-corrected chi connectivity index (χ0v) is 12.5. The van der Waals surface area contributed by atoms with Crippen molar-refractivity contribution in [2.75, 3.05) is 0 Å². The lowest BCUT2D eigenvalue weighted by Crippen LogP contribution is -1.27. The van der Waals surface area contributed by atoms with Gasteiger partial charge in [-0.1, -0.05) is 26.3 Å². The summed E-state index contributed by atoms with van der Waals surface area (Å²) in [7, 11) is 0. The van der Waals surface area contributed by atoms with E-state index in [0.717, 1.165) is 0 Å². The van der Waals surface area contributed by atoms with Crippen molar-refractivity contribution in [1.29, 1.82) is 0 Å². The molecule has 11 heavy (non-hydrogen) atoms. The second-order valence-corrected chi connectivity index (χ2v) is 1.12. The Balaban J connectivity index is -0.00000000400. The van der Waals surface area contributed by atoms with Crippen LogP contribution in [0.1, 0.15) is 27.2 Å². The standard InChI is InChI=1S/C3H8.C3H6.5H2S/c2*1-3-2;;;;;/h3H2,1-2H3;3H,1H2,2H3;5*1H2.